The zero-order chi connectivity index (χ0) is 12.4. The zero-order valence-electron chi connectivity index (χ0n) is 9.65. The quantitative estimate of drug-likeness (QED) is 0.836. The fourth-order valence-electron chi connectivity index (χ4n) is 1.58. The van der Waals surface area contributed by atoms with Crippen LogP contribution >= 0.6 is 11.6 Å². The fourth-order valence-corrected chi connectivity index (χ4v) is 1.82. The predicted molar refractivity (Wildman–Crippen MR) is 67.2 cm³/mol. The number of hydrogen-bond donors (Lipinski definition) is 1. The fraction of sp³-hybridized carbons (Fsp3) is 0.417. The Morgan fingerprint density at radius 1 is 1.59 bits per heavy atom. The SMILES string of the molecule is CN(C(=O)COc1c(N)cccc1Cl)C1CC1. The zero-order valence-corrected chi connectivity index (χ0v) is 10.4. The van der Waals surface area contributed by atoms with Crippen LogP contribution in [0.1, 0.15) is 12.8 Å². The smallest absolute Gasteiger partial charge is 0.260 e. The molecule has 1 aromatic rings. The molecular formula is C12H15ClN2O2. The van der Waals surface area contributed by atoms with Crippen LogP contribution in [0.2, 0.25) is 5.02 Å². The molecule has 0 heterocycles. The summed E-state index contributed by atoms with van der Waals surface area (Å²) in [5, 5.41) is 0.423. The number of likely N-dealkylation sites (N-methyl/N-ethyl adjacent to an activating group) is 1. The largest absolute Gasteiger partial charge is 0.480 e. The van der Waals surface area contributed by atoms with Crippen LogP contribution < -0.4 is 10.5 Å². The molecule has 92 valence electrons. The summed E-state index contributed by atoms with van der Waals surface area (Å²) in [6.07, 6.45) is 2.16. The van der Waals surface area contributed by atoms with Crippen molar-refractivity contribution >= 4 is 23.2 Å². The molecule has 0 unspecified atom stereocenters. The first kappa shape index (κ1) is 12.0. The number of rotatable bonds is 4. The average molecular weight is 255 g/mol. The molecule has 5 heteroatoms. The van der Waals surface area contributed by atoms with E-state index < -0.39 is 0 Å². The minimum atomic E-state index is -0.0492. The van der Waals surface area contributed by atoms with Gasteiger partial charge >= 0.3 is 0 Å². The van der Waals surface area contributed by atoms with E-state index in [4.69, 9.17) is 22.1 Å². The van der Waals surface area contributed by atoms with E-state index in [0.717, 1.165) is 12.8 Å². The Labute approximate surface area is 105 Å². The number of benzene rings is 1. The van der Waals surface area contributed by atoms with E-state index in [1.807, 2.05) is 0 Å². The third-order valence-corrected chi connectivity index (χ3v) is 3.12. The molecule has 0 bridgehead atoms. The van der Waals surface area contributed by atoms with E-state index in [-0.39, 0.29) is 12.5 Å². The number of amides is 1. The minimum absolute atomic E-state index is 0.0269. The summed E-state index contributed by atoms with van der Waals surface area (Å²) < 4.78 is 5.38. The molecular weight excluding hydrogens is 240 g/mol. The van der Waals surface area contributed by atoms with Crippen LogP contribution in [0.15, 0.2) is 18.2 Å². The van der Waals surface area contributed by atoms with Crippen LogP contribution in [0.5, 0.6) is 5.75 Å². The van der Waals surface area contributed by atoms with Crippen LogP contribution in [0, 0.1) is 0 Å². The Morgan fingerprint density at radius 3 is 2.88 bits per heavy atom. The summed E-state index contributed by atoms with van der Waals surface area (Å²) in [6, 6.07) is 5.50. The molecule has 2 N–H and O–H groups in total. The molecule has 1 fully saturated rings. The lowest BCUT2D eigenvalue weighted by molar-refractivity contribution is -0.132. The maximum atomic E-state index is 11.7. The molecule has 1 saturated carbocycles. The van der Waals surface area contributed by atoms with Crippen LogP contribution in [0.25, 0.3) is 0 Å². The van der Waals surface area contributed by atoms with Crippen molar-refractivity contribution in [2.75, 3.05) is 19.4 Å². The van der Waals surface area contributed by atoms with Crippen LogP contribution in [-0.4, -0.2) is 30.5 Å². The number of carbonyl (C=O) groups is 1. The number of hydrogen-bond acceptors (Lipinski definition) is 3. The first-order valence-electron chi connectivity index (χ1n) is 5.52. The predicted octanol–water partition coefficient (Wildman–Crippen LogP) is 1.92. The van der Waals surface area contributed by atoms with Crippen LogP contribution in [0.4, 0.5) is 5.69 Å². The highest BCUT2D eigenvalue weighted by Crippen LogP contribution is 2.31. The average Bonchev–Trinajstić information content (AvgIpc) is 3.11. The van der Waals surface area contributed by atoms with Gasteiger partial charge in [0.05, 0.1) is 10.7 Å². The molecule has 2 rings (SSSR count). The molecule has 0 saturated heterocycles. The Morgan fingerprint density at radius 2 is 2.29 bits per heavy atom. The van der Waals surface area contributed by atoms with Gasteiger partial charge < -0.3 is 15.4 Å². The van der Waals surface area contributed by atoms with E-state index in [2.05, 4.69) is 0 Å². The van der Waals surface area contributed by atoms with Crippen molar-refractivity contribution < 1.29 is 9.53 Å². The van der Waals surface area contributed by atoms with Gasteiger partial charge in [0.1, 0.15) is 0 Å². The van der Waals surface area contributed by atoms with Crippen LogP contribution in [-0.2, 0) is 4.79 Å². The Bertz CT molecular complexity index is 412. The number of halogens is 1. The van der Waals surface area contributed by atoms with Crippen molar-refractivity contribution in [1.29, 1.82) is 0 Å². The van der Waals surface area contributed by atoms with E-state index in [0.29, 0.717) is 22.5 Å². The lowest BCUT2D eigenvalue weighted by Gasteiger charge is -2.17. The number of ether oxygens (including phenoxy) is 1. The van der Waals surface area contributed by atoms with E-state index in [9.17, 15) is 4.79 Å². The normalized spacial score (nSPS) is 14.5. The third kappa shape index (κ3) is 2.82. The molecule has 0 aliphatic heterocycles. The second kappa shape index (κ2) is 4.84. The highest BCUT2D eigenvalue weighted by atomic mass is 35.5. The van der Waals surface area contributed by atoms with E-state index >= 15 is 0 Å². The number of nitrogens with two attached hydrogens (primary N) is 1. The number of anilines is 1. The van der Waals surface area contributed by atoms with Gasteiger partial charge in [-0.1, -0.05) is 17.7 Å². The topological polar surface area (TPSA) is 55.6 Å². The van der Waals surface area contributed by atoms with Gasteiger partial charge in [-0.2, -0.15) is 0 Å². The number of carbonyl (C=O) groups excluding carboxylic acids is 1. The molecule has 1 aliphatic rings. The molecule has 0 atom stereocenters. The maximum absolute atomic E-state index is 11.7. The number of nitrogens with zero attached hydrogens (tertiary/aromatic N) is 1. The van der Waals surface area contributed by atoms with Gasteiger partial charge in [0.2, 0.25) is 0 Å². The Kier molecular flexibility index (Phi) is 3.43. The van der Waals surface area contributed by atoms with Crippen LogP contribution in [0.3, 0.4) is 0 Å². The Hall–Kier alpha value is -1.42. The molecule has 0 spiro atoms. The van der Waals surface area contributed by atoms with Gasteiger partial charge in [0, 0.05) is 13.1 Å². The van der Waals surface area contributed by atoms with E-state index in [1.165, 1.54) is 0 Å². The first-order valence-corrected chi connectivity index (χ1v) is 5.90. The monoisotopic (exact) mass is 254 g/mol. The third-order valence-electron chi connectivity index (χ3n) is 2.83. The molecule has 1 aliphatic carbocycles. The molecule has 0 radical (unpaired) electrons. The van der Waals surface area contributed by atoms with Crippen molar-refractivity contribution in [3.8, 4) is 5.75 Å². The molecule has 0 aromatic heterocycles. The van der Waals surface area contributed by atoms with Gasteiger partial charge in [0.15, 0.2) is 12.4 Å². The second-order valence-corrected chi connectivity index (χ2v) is 4.59. The molecule has 1 amide bonds. The molecule has 1 aromatic carbocycles. The number of nitrogen functional groups attached to an aromatic ring is 1. The summed E-state index contributed by atoms with van der Waals surface area (Å²) in [4.78, 5) is 13.5. The molecule has 4 nitrogen and oxygen atoms in total. The first-order chi connectivity index (χ1) is 8.09. The summed E-state index contributed by atoms with van der Waals surface area (Å²) in [6.45, 7) is -0.0269. The maximum Gasteiger partial charge on any atom is 0.260 e. The van der Waals surface area contributed by atoms with Crippen molar-refractivity contribution in [3.05, 3.63) is 23.2 Å². The van der Waals surface area contributed by atoms with Gasteiger partial charge in [0.25, 0.3) is 5.91 Å². The van der Waals surface area contributed by atoms with Crippen molar-refractivity contribution in [2.45, 2.75) is 18.9 Å². The number of para-hydroxylation sites is 1. The minimum Gasteiger partial charge on any atom is -0.480 e. The van der Waals surface area contributed by atoms with Crippen molar-refractivity contribution in [2.24, 2.45) is 0 Å². The standard InChI is InChI=1S/C12H15ClN2O2/c1-15(8-5-6-8)11(16)7-17-12-9(13)3-2-4-10(12)14/h2-4,8H,5-7,14H2,1H3. The summed E-state index contributed by atoms with van der Waals surface area (Å²) >= 11 is 5.94. The highest BCUT2D eigenvalue weighted by molar-refractivity contribution is 6.32. The second-order valence-electron chi connectivity index (χ2n) is 4.18. The van der Waals surface area contributed by atoms with Gasteiger partial charge in [-0.05, 0) is 25.0 Å². The van der Waals surface area contributed by atoms with Crippen molar-refractivity contribution in [3.63, 3.8) is 0 Å². The van der Waals surface area contributed by atoms with Crippen molar-refractivity contribution in [1.82, 2.24) is 4.90 Å². The lowest BCUT2D eigenvalue weighted by atomic mass is 10.3. The molecule has 17 heavy (non-hydrogen) atoms. The highest BCUT2D eigenvalue weighted by Gasteiger charge is 2.29. The Balaban J connectivity index is 1.95. The summed E-state index contributed by atoms with van der Waals surface area (Å²) in [7, 11) is 1.79. The van der Waals surface area contributed by atoms with Gasteiger partial charge in [-0.3, -0.25) is 4.79 Å². The summed E-state index contributed by atoms with van der Waals surface area (Å²) in [5.74, 6) is 0.332. The van der Waals surface area contributed by atoms with Gasteiger partial charge in [-0.25, -0.2) is 0 Å². The van der Waals surface area contributed by atoms with Gasteiger partial charge in [-0.15, -0.1) is 0 Å². The van der Waals surface area contributed by atoms with E-state index in [1.54, 1.807) is 30.1 Å². The summed E-state index contributed by atoms with van der Waals surface area (Å²) in [5.41, 5.74) is 6.17. The lowest BCUT2D eigenvalue weighted by Crippen LogP contribution is -2.33.